The molecule has 17 heavy (non-hydrogen) atoms. The SMILES string of the molecule is CCCCC(CC)S(=O)(=O)c1cccc(Cl)c1. The summed E-state index contributed by atoms with van der Waals surface area (Å²) in [5.41, 5.74) is 0. The second-order valence-corrected chi connectivity index (χ2v) is 6.84. The van der Waals surface area contributed by atoms with E-state index in [-0.39, 0.29) is 5.25 Å². The molecule has 0 amide bonds. The molecule has 0 aliphatic heterocycles. The van der Waals surface area contributed by atoms with Crippen LogP contribution in [-0.4, -0.2) is 13.7 Å². The Labute approximate surface area is 109 Å². The van der Waals surface area contributed by atoms with E-state index in [0.29, 0.717) is 16.3 Å². The summed E-state index contributed by atoms with van der Waals surface area (Å²) in [6.07, 6.45) is 3.33. The molecule has 2 nitrogen and oxygen atoms in total. The van der Waals surface area contributed by atoms with Gasteiger partial charge in [0.25, 0.3) is 0 Å². The maximum Gasteiger partial charge on any atom is 0.181 e. The van der Waals surface area contributed by atoms with E-state index >= 15 is 0 Å². The Morgan fingerprint density at radius 3 is 2.53 bits per heavy atom. The van der Waals surface area contributed by atoms with E-state index in [1.54, 1.807) is 18.2 Å². The second kappa shape index (κ2) is 6.41. The van der Waals surface area contributed by atoms with Crippen LogP contribution in [0.2, 0.25) is 5.02 Å². The van der Waals surface area contributed by atoms with Gasteiger partial charge in [-0.2, -0.15) is 0 Å². The zero-order valence-corrected chi connectivity index (χ0v) is 11.9. The molecule has 0 N–H and O–H groups in total. The number of hydrogen-bond donors (Lipinski definition) is 0. The fourth-order valence-electron chi connectivity index (χ4n) is 1.85. The van der Waals surface area contributed by atoms with Gasteiger partial charge in [-0.05, 0) is 31.0 Å². The molecule has 1 aromatic rings. The molecule has 0 radical (unpaired) electrons. The van der Waals surface area contributed by atoms with Gasteiger partial charge in [-0.25, -0.2) is 8.42 Å². The molecular formula is C13H19ClO2S. The number of halogens is 1. The molecule has 0 aliphatic rings. The van der Waals surface area contributed by atoms with Gasteiger partial charge in [0.05, 0.1) is 10.1 Å². The van der Waals surface area contributed by atoms with Crippen LogP contribution in [0, 0.1) is 0 Å². The van der Waals surface area contributed by atoms with Gasteiger partial charge in [-0.3, -0.25) is 0 Å². The van der Waals surface area contributed by atoms with Crippen LogP contribution >= 0.6 is 11.6 Å². The van der Waals surface area contributed by atoms with Gasteiger partial charge in [-0.15, -0.1) is 0 Å². The fraction of sp³-hybridized carbons (Fsp3) is 0.538. The number of benzene rings is 1. The monoisotopic (exact) mass is 274 g/mol. The summed E-state index contributed by atoms with van der Waals surface area (Å²) in [6, 6.07) is 6.52. The molecule has 0 aliphatic carbocycles. The summed E-state index contributed by atoms with van der Waals surface area (Å²) in [5, 5.41) is 0.178. The first kappa shape index (κ1) is 14.5. The van der Waals surface area contributed by atoms with Crippen molar-refractivity contribution in [3.63, 3.8) is 0 Å². The van der Waals surface area contributed by atoms with Crippen molar-refractivity contribution in [1.82, 2.24) is 0 Å². The van der Waals surface area contributed by atoms with E-state index in [1.165, 1.54) is 6.07 Å². The first-order valence-corrected chi connectivity index (χ1v) is 7.94. The van der Waals surface area contributed by atoms with Crippen molar-refractivity contribution in [2.75, 3.05) is 0 Å². The second-order valence-electron chi connectivity index (χ2n) is 4.17. The fourth-order valence-corrected chi connectivity index (χ4v) is 3.96. The van der Waals surface area contributed by atoms with Crippen molar-refractivity contribution in [2.24, 2.45) is 0 Å². The van der Waals surface area contributed by atoms with E-state index < -0.39 is 9.84 Å². The lowest BCUT2D eigenvalue weighted by Crippen LogP contribution is -2.20. The van der Waals surface area contributed by atoms with Crippen LogP contribution in [0.1, 0.15) is 39.5 Å². The van der Waals surface area contributed by atoms with E-state index in [1.807, 2.05) is 6.92 Å². The van der Waals surface area contributed by atoms with E-state index in [2.05, 4.69) is 6.92 Å². The van der Waals surface area contributed by atoms with E-state index in [0.717, 1.165) is 19.3 Å². The Morgan fingerprint density at radius 1 is 1.29 bits per heavy atom. The number of hydrogen-bond acceptors (Lipinski definition) is 2. The van der Waals surface area contributed by atoms with Crippen LogP contribution in [0.4, 0.5) is 0 Å². The first-order chi connectivity index (χ1) is 8.02. The summed E-state index contributed by atoms with van der Waals surface area (Å²) in [7, 11) is -3.23. The summed E-state index contributed by atoms with van der Waals surface area (Å²) >= 11 is 5.84. The van der Waals surface area contributed by atoms with Crippen LogP contribution in [0.5, 0.6) is 0 Å². The van der Waals surface area contributed by atoms with Crippen molar-refractivity contribution in [3.05, 3.63) is 29.3 Å². The van der Waals surface area contributed by atoms with Crippen molar-refractivity contribution in [1.29, 1.82) is 0 Å². The quantitative estimate of drug-likeness (QED) is 0.783. The maximum absolute atomic E-state index is 12.4. The molecule has 1 unspecified atom stereocenters. The lowest BCUT2D eigenvalue weighted by Gasteiger charge is -2.15. The van der Waals surface area contributed by atoms with Crippen molar-refractivity contribution in [3.8, 4) is 0 Å². The van der Waals surface area contributed by atoms with Crippen LogP contribution in [-0.2, 0) is 9.84 Å². The summed E-state index contributed by atoms with van der Waals surface area (Å²) < 4.78 is 24.7. The van der Waals surface area contributed by atoms with Gasteiger partial charge in [-0.1, -0.05) is 44.4 Å². The van der Waals surface area contributed by atoms with Crippen molar-refractivity contribution < 1.29 is 8.42 Å². The molecule has 1 atom stereocenters. The van der Waals surface area contributed by atoms with Gasteiger partial charge in [0.2, 0.25) is 0 Å². The largest absolute Gasteiger partial charge is 0.223 e. The van der Waals surface area contributed by atoms with Crippen LogP contribution in [0.3, 0.4) is 0 Å². The summed E-state index contributed by atoms with van der Waals surface area (Å²) in [6.45, 7) is 3.99. The Bertz CT molecular complexity index is 454. The van der Waals surface area contributed by atoms with Crippen LogP contribution in [0.25, 0.3) is 0 Å². The minimum atomic E-state index is -3.23. The highest BCUT2D eigenvalue weighted by molar-refractivity contribution is 7.92. The third kappa shape index (κ3) is 3.71. The Morgan fingerprint density at radius 2 is 2.00 bits per heavy atom. The molecule has 0 heterocycles. The zero-order valence-electron chi connectivity index (χ0n) is 10.3. The predicted octanol–water partition coefficient (Wildman–Crippen LogP) is 4.08. The average Bonchev–Trinajstić information content (AvgIpc) is 2.30. The lowest BCUT2D eigenvalue weighted by atomic mass is 10.2. The highest BCUT2D eigenvalue weighted by Crippen LogP contribution is 2.24. The van der Waals surface area contributed by atoms with Gasteiger partial charge < -0.3 is 0 Å². The predicted molar refractivity (Wildman–Crippen MR) is 72.2 cm³/mol. The van der Waals surface area contributed by atoms with Crippen LogP contribution in [0.15, 0.2) is 29.2 Å². The maximum atomic E-state index is 12.4. The molecule has 1 rings (SSSR count). The number of rotatable bonds is 6. The molecular weight excluding hydrogens is 256 g/mol. The minimum Gasteiger partial charge on any atom is -0.223 e. The minimum absolute atomic E-state index is 0.291. The lowest BCUT2D eigenvalue weighted by molar-refractivity contribution is 0.558. The molecule has 0 fully saturated rings. The van der Waals surface area contributed by atoms with Crippen molar-refractivity contribution >= 4 is 21.4 Å². The van der Waals surface area contributed by atoms with Crippen LogP contribution < -0.4 is 0 Å². The molecule has 0 saturated carbocycles. The number of unbranched alkanes of at least 4 members (excludes halogenated alkanes) is 1. The van der Waals surface area contributed by atoms with Gasteiger partial charge in [0, 0.05) is 5.02 Å². The third-order valence-corrected chi connectivity index (χ3v) is 5.49. The van der Waals surface area contributed by atoms with Gasteiger partial charge >= 0.3 is 0 Å². The Kier molecular flexibility index (Phi) is 5.47. The van der Waals surface area contributed by atoms with Gasteiger partial charge in [0.1, 0.15) is 0 Å². The molecule has 0 spiro atoms. The first-order valence-electron chi connectivity index (χ1n) is 6.01. The van der Waals surface area contributed by atoms with E-state index in [4.69, 9.17) is 11.6 Å². The smallest absolute Gasteiger partial charge is 0.181 e. The highest BCUT2D eigenvalue weighted by atomic mass is 35.5. The molecule has 0 saturated heterocycles. The summed E-state index contributed by atoms with van der Waals surface area (Å²) in [5.74, 6) is 0. The molecule has 96 valence electrons. The Hall–Kier alpha value is -0.540. The van der Waals surface area contributed by atoms with Crippen molar-refractivity contribution in [2.45, 2.75) is 49.7 Å². The standard InChI is InChI=1S/C13H19ClO2S/c1-3-5-8-12(4-2)17(15,16)13-9-6-7-11(14)10-13/h6-7,9-10,12H,3-5,8H2,1-2H3. The molecule has 4 heteroatoms. The number of sulfone groups is 1. The molecule has 0 aromatic heterocycles. The average molecular weight is 275 g/mol. The third-order valence-electron chi connectivity index (χ3n) is 2.90. The summed E-state index contributed by atoms with van der Waals surface area (Å²) in [4.78, 5) is 0.341. The topological polar surface area (TPSA) is 34.1 Å². The zero-order chi connectivity index (χ0) is 12.9. The highest BCUT2D eigenvalue weighted by Gasteiger charge is 2.25. The van der Waals surface area contributed by atoms with Gasteiger partial charge in [0.15, 0.2) is 9.84 Å². The molecule has 1 aromatic carbocycles. The Balaban J connectivity index is 3.00. The normalized spacial score (nSPS) is 13.6. The van der Waals surface area contributed by atoms with E-state index in [9.17, 15) is 8.42 Å². The molecule has 0 bridgehead atoms.